The summed E-state index contributed by atoms with van der Waals surface area (Å²) in [6, 6.07) is 1.64. The van der Waals surface area contributed by atoms with E-state index in [-0.39, 0.29) is 12.5 Å². The van der Waals surface area contributed by atoms with Crippen LogP contribution < -0.4 is 10.6 Å². The first-order valence-corrected chi connectivity index (χ1v) is 4.14. The number of rotatable bonds is 0. The van der Waals surface area contributed by atoms with Crippen molar-refractivity contribution >= 4 is 29.8 Å². The predicted octanol–water partition coefficient (Wildman–Crippen LogP) is 0.171. The molecular weight excluding hydrogens is 188 g/mol. The Bertz CT molecular complexity index is 439. The fourth-order valence-electron chi connectivity index (χ4n) is 1.31. The summed E-state index contributed by atoms with van der Waals surface area (Å²) in [5, 5.41) is 0. The third-order valence-electron chi connectivity index (χ3n) is 2.02. The molecule has 1 aromatic rings. The third kappa shape index (κ3) is 1.10. The molecule has 1 amide bonds. The van der Waals surface area contributed by atoms with E-state index in [1.54, 1.807) is 17.7 Å². The van der Waals surface area contributed by atoms with Crippen LogP contribution in [-0.2, 0) is 11.3 Å². The number of carbonyl (C=O) groups excluding carboxylic acids is 1. The molecule has 1 aliphatic heterocycles. The fraction of sp³-hybridized carbons (Fsp3) is 0.286. The molecule has 2 N–H and O–H groups in total. The number of carbonyl (C=O) groups is 1. The van der Waals surface area contributed by atoms with Crippen LogP contribution in [0.4, 0.5) is 11.6 Å². The van der Waals surface area contributed by atoms with Gasteiger partial charge >= 0.3 is 0 Å². The van der Waals surface area contributed by atoms with Gasteiger partial charge in [-0.3, -0.25) is 14.3 Å². The topological polar surface area (TPSA) is 64.2 Å². The molecular formula is C7H8N4OS. The van der Waals surface area contributed by atoms with E-state index in [9.17, 15) is 4.79 Å². The van der Waals surface area contributed by atoms with Gasteiger partial charge in [0, 0.05) is 13.1 Å². The van der Waals surface area contributed by atoms with Crippen molar-refractivity contribution in [1.29, 1.82) is 0 Å². The van der Waals surface area contributed by atoms with Crippen molar-refractivity contribution in [3.8, 4) is 0 Å². The van der Waals surface area contributed by atoms with Gasteiger partial charge in [-0.1, -0.05) is 0 Å². The molecule has 6 heteroatoms. The van der Waals surface area contributed by atoms with Crippen molar-refractivity contribution < 1.29 is 4.79 Å². The van der Waals surface area contributed by atoms with Crippen LogP contribution in [0.2, 0.25) is 0 Å². The molecule has 5 nitrogen and oxygen atoms in total. The minimum Gasteiger partial charge on any atom is -0.383 e. The fourth-order valence-corrected chi connectivity index (χ4v) is 1.57. The normalized spacial score (nSPS) is 14.8. The molecule has 0 aromatic carbocycles. The van der Waals surface area contributed by atoms with Crippen LogP contribution in [-0.4, -0.2) is 22.5 Å². The number of nitrogen functional groups attached to an aromatic ring is 1. The number of aromatic nitrogens is 2. The number of nitrogens with zero attached hydrogens (tertiary/aromatic N) is 3. The summed E-state index contributed by atoms with van der Waals surface area (Å²) in [5.41, 5.74) is 5.51. The van der Waals surface area contributed by atoms with Crippen LogP contribution in [0.1, 0.15) is 0 Å². The van der Waals surface area contributed by atoms with E-state index < -0.39 is 0 Å². The molecule has 0 spiro atoms. The summed E-state index contributed by atoms with van der Waals surface area (Å²) in [6.45, 7) is 0.262. The number of likely N-dealkylation sites (N-methyl/N-ethyl adjacent to an activating group) is 1. The molecule has 0 bridgehead atoms. The second-order valence-electron chi connectivity index (χ2n) is 2.86. The van der Waals surface area contributed by atoms with Gasteiger partial charge in [0.05, 0.1) is 0 Å². The molecule has 0 aliphatic carbocycles. The molecule has 13 heavy (non-hydrogen) atoms. The van der Waals surface area contributed by atoms with Crippen LogP contribution in [0.25, 0.3) is 0 Å². The molecule has 2 heterocycles. The van der Waals surface area contributed by atoms with Gasteiger partial charge in [-0.05, 0) is 12.2 Å². The maximum Gasteiger partial charge on any atom is 0.247 e. The number of nitrogens with two attached hydrogens (primary N) is 1. The van der Waals surface area contributed by atoms with E-state index in [1.807, 2.05) is 0 Å². The average Bonchev–Trinajstić information content (AvgIpc) is 2.32. The van der Waals surface area contributed by atoms with Crippen molar-refractivity contribution in [3.63, 3.8) is 0 Å². The van der Waals surface area contributed by atoms with Gasteiger partial charge in [-0.2, -0.15) is 0 Å². The average molecular weight is 196 g/mol. The summed E-state index contributed by atoms with van der Waals surface area (Å²) in [6.07, 6.45) is 0. The van der Waals surface area contributed by atoms with Crippen molar-refractivity contribution in [2.45, 2.75) is 6.54 Å². The molecule has 0 saturated carbocycles. The SMILES string of the molecule is CN1C(=O)Cn2c1cc(N)nc2=S. The van der Waals surface area contributed by atoms with Gasteiger partial charge < -0.3 is 5.73 Å². The third-order valence-corrected chi connectivity index (χ3v) is 2.33. The molecule has 68 valence electrons. The number of hydrogen-bond donors (Lipinski definition) is 1. The highest BCUT2D eigenvalue weighted by Gasteiger charge is 2.24. The first-order chi connectivity index (χ1) is 6.09. The molecule has 0 atom stereocenters. The Labute approximate surface area is 79.8 Å². The largest absolute Gasteiger partial charge is 0.383 e. The monoisotopic (exact) mass is 196 g/mol. The Balaban J connectivity index is 2.71. The van der Waals surface area contributed by atoms with E-state index in [4.69, 9.17) is 18.0 Å². The minimum atomic E-state index is -0.00139. The smallest absolute Gasteiger partial charge is 0.247 e. The Morgan fingerprint density at radius 2 is 2.38 bits per heavy atom. The van der Waals surface area contributed by atoms with E-state index in [1.165, 1.54) is 4.90 Å². The van der Waals surface area contributed by atoms with E-state index in [2.05, 4.69) is 4.98 Å². The van der Waals surface area contributed by atoms with Crippen LogP contribution in [0.15, 0.2) is 6.07 Å². The molecule has 1 aliphatic rings. The molecule has 1 aromatic heterocycles. The molecule has 0 fully saturated rings. The van der Waals surface area contributed by atoms with Crippen LogP contribution in [0.5, 0.6) is 0 Å². The highest BCUT2D eigenvalue weighted by Crippen LogP contribution is 2.21. The van der Waals surface area contributed by atoms with Gasteiger partial charge in [-0.25, -0.2) is 4.98 Å². The van der Waals surface area contributed by atoms with Crippen molar-refractivity contribution in [2.24, 2.45) is 0 Å². The lowest BCUT2D eigenvalue weighted by molar-refractivity contribution is -0.117. The molecule has 0 unspecified atom stereocenters. The van der Waals surface area contributed by atoms with E-state index in [0.29, 0.717) is 16.4 Å². The lowest BCUT2D eigenvalue weighted by Crippen LogP contribution is -2.20. The van der Waals surface area contributed by atoms with Crippen molar-refractivity contribution in [2.75, 3.05) is 17.7 Å². The van der Waals surface area contributed by atoms with Gasteiger partial charge in [0.15, 0.2) is 0 Å². The minimum absolute atomic E-state index is 0.00139. The zero-order valence-electron chi connectivity index (χ0n) is 7.02. The van der Waals surface area contributed by atoms with Gasteiger partial charge in [-0.15, -0.1) is 0 Å². The second kappa shape index (κ2) is 2.53. The van der Waals surface area contributed by atoms with E-state index in [0.717, 1.165) is 0 Å². The molecule has 0 radical (unpaired) electrons. The summed E-state index contributed by atoms with van der Waals surface area (Å²) in [4.78, 5) is 16.7. The first-order valence-electron chi connectivity index (χ1n) is 3.73. The van der Waals surface area contributed by atoms with E-state index >= 15 is 0 Å². The van der Waals surface area contributed by atoms with Crippen LogP contribution >= 0.6 is 12.2 Å². The molecule has 2 rings (SSSR count). The Morgan fingerprint density at radius 3 is 3.08 bits per heavy atom. The summed E-state index contributed by atoms with van der Waals surface area (Å²) >= 11 is 4.97. The first kappa shape index (κ1) is 8.18. The number of hydrogen-bond acceptors (Lipinski definition) is 4. The van der Waals surface area contributed by atoms with Crippen LogP contribution in [0, 0.1) is 4.77 Å². The van der Waals surface area contributed by atoms with Gasteiger partial charge in [0.1, 0.15) is 18.2 Å². The van der Waals surface area contributed by atoms with Gasteiger partial charge in [0.2, 0.25) is 10.7 Å². The Morgan fingerprint density at radius 1 is 1.69 bits per heavy atom. The van der Waals surface area contributed by atoms with Crippen molar-refractivity contribution in [1.82, 2.24) is 9.55 Å². The highest BCUT2D eigenvalue weighted by atomic mass is 32.1. The number of amides is 1. The second-order valence-corrected chi connectivity index (χ2v) is 3.23. The molecule has 0 saturated heterocycles. The summed E-state index contributed by atoms with van der Waals surface area (Å²) in [7, 11) is 1.69. The highest BCUT2D eigenvalue weighted by molar-refractivity contribution is 7.71. The lowest BCUT2D eigenvalue weighted by atomic mass is 10.5. The zero-order valence-corrected chi connectivity index (χ0v) is 7.84. The van der Waals surface area contributed by atoms with Crippen molar-refractivity contribution in [3.05, 3.63) is 10.8 Å². The number of fused-ring (bicyclic) bond motifs is 1. The Hall–Kier alpha value is -1.43. The number of anilines is 2. The maximum atomic E-state index is 11.3. The standard InChI is InChI=1S/C7H8N4OS/c1-10-5-2-4(8)9-7(13)11(5)3-6(10)12/h2H,3H2,1H3,(H2,8,9,13). The zero-order chi connectivity index (χ0) is 9.59. The predicted molar refractivity (Wildman–Crippen MR) is 50.9 cm³/mol. The Kier molecular flexibility index (Phi) is 1.59. The van der Waals surface area contributed by atoms with Gasteiger partial charge in [0.25, 0.3) is 0 Å². The lowest BCUT2D eigenvalue weighted by Gasteiger charge is -2.09. The summed E-state index contributed by atoms with van der Waals surface area (Å²) < 4.78 is 2.02. The van der Waals surface area contributed by atoms with Crippen LogP contribution in [0.3, 0.4) is 0 Å². The maximum absolute atomic E-state index is 11.3. The summed E-state index contributed by atoms with van der Waals surface area (Å²) in [5.74, 6) is 1.05. The quantitative estimate of drug-likeness (QED) is 0.601.